The minimum atomic E-state index is 0.804. The van der Waals surface area contributed by atoms with Crippen LogP contribution in [0.25, 0.3) is 5.69 Å². The van der Waals surface area contributed by atoms with Crippen molar-refractivity contribution < 1.29 is 4.74 Å². The molecule has 0 unspecified atom stereocenters. The summed E-state index contributed by atoms with van der Waals surface area (Å²) in [5, 5.41) is 7.54. The summed E-state index contributed by atoms with van der Waals surface area (Å²) < 4.78 is 7.55. The van der Waals surface area contributed by atoms with Crippen LogP contribution in [0, 0.1) is 0 Å². The number of hydrogen-bond acceptors (Lipinski definition) is 3. The van der Waals surface area contributed by atoms with Crippen molar-refractivity contribution in [2.45, 2.75) is 0 Å². The summed E-state index contributed by atoms with van der Waals surface area (Å²) in [6.45, 7) is 0. The molecule has 1 aromatic heterocycles. The molecule has 0 aliphatic carbocycles. The van der Waals surface area contributed by atoms with Gasteiger partial charge in [0.15, 0.2) is 0 Å². The Morgan fingerprint density at radius 3 is 2.00 bits per heavy atom. The Labute approximate surface area is 104 Å². The molecule has 88 valence electrons. The molecule has 3 rings (SSSR count). The highest BCUT2D eigenvalue weighted by molar-refractivity contribution is 5.39. The zero-order valence-corrected chi connectivity index (χ0v) is 9.60. The summed E-state index contributed by atoms with van der Waals surface area (Å²) in [4.78, 5) is 0. The lowest BCUT2D eigenvalue weighted by Gasteiger charge is -2.06. The van der Waals surface area contributed by atoms with Crippen molar-refractivity contribution in [1.29, 1.82) is 0 Å². The van der Waals surface area contributed by atoms with E-state index in [1.165, 1.54) is 0 Å². The fraction of sp³-hybridized carbons (Fsp3) is 0. The van der Waals surface area contributed by atoms with E-state index < -0.39 is 0 Å². The highest BCUT2D eigenvalue weighted by atomic mass is 16.5. The first-order valence-electron chi connectivity index (χ1n) is 5.60. The standard InChI is InChI=1S/C14H11N3O/c1-2-4-13(5-3-1)18-14-8-6-12(7-9-14)17-10-15-16-11-17/h1-11H. The second-order valence-electron chi connectivity index (χ2n) is 3.78. The summed E-state index contributed by atoms with van der Waals surface area (Å²) in [5.74, 6) is 1.63. The Balaban J connectivity index is 1.80. The third-order valence-corrected chi connectivity index (χ3v) is 2.53. The van der Waals surface area contributed by atoms with Crippen LogP contribution in [0.15, 0.2) is 67.3 Å². The van der Waals surface area contributed by atoms with Gasteiger partial charge in [0.25, 0.3) is 0 Å². The van der Waals surface area contributed by atoms with Crippen molar-refractivity contribution in [1.82, 2.24) is 14.8 Å². The number of aromatic nitrogens is 3. The van der Waals surface area contributed by atoms with Gasteiger partial charge in [0, 0.05) is 5.69 Å². The number of nitrogens with zero attached hydrogens (tertiary/aromatic N) is 3. The summed E-state index contributed by atoms with van der Waals surface area (Å²) in [7, 11) is 0. The summed E-state index contributed by atoms with van der Waals surface area (Å²) in [6, 6.07) is 17.5. The number of hydrogen-bond donors (Lipinski definition) is 0. The van der Waals surface area contributed by atoms with Crippen molar-refractivity contribution in [3.63, 3.8) is 0 Å². The third-order valence-electron chi connectivity index (χ3n) is 2.53. The topological polar surface area (TPSA) is 39.9 Å². The second-order valence-corrected chi connectivity index (χ2v) is 3.78. The first-order chi connectivity index (χ1) is 8.92. The van der Waals surface area contributed by atoms with Crippen LogP contribution in [0.4, 0.5) is 0 Å². The van der Waals surface area contributed by atoms with Crippen molar-refractivity contribution >= 4 is 0 Å². The lowest BCUT2D eigenvalue weighted by molar-refractivity contribution is 0.482. The van der Waals surface area contributed by atoms with Gasteiger partial charge in [-0.1, -0.05) is 18.2 Å². The molecule has 3 aromatic rings. The third kappa shape index (κ3) is 2.22. The number of para-hydroxylation sites is 1. The van der Waals surface area contributed by atoms with Crippen LogP contribution < -0.4 is 4.74 Å². The predicted molar refractivity (Wildman–Crippen MR) is 67.9 cm³/mol. The maximum atomic E-state index is 5.71. The van der Waals surface area contributed by atoms with Crippen molar-refractivity contribution in [3.8, 4) is 17.2 Å². The van der Waals surface area contributed by atoms with Crippen molar-refractivity contribution in [3.05, 3.63) is 67.3 Å². The largest absolute Gasteiger partial charge is 0.457 e. The summed E-state index contributed by atoms with van der Waals surface area (Å²) >= 11 is 0. The van der Waals surface area contributed by atoms with E-state index in [4.69, 9.17) is 4.74 Å². The van der Waals surface area contributed by atoms with Crippen LogP contribution in [0.3, 0.4) is 0 Å². The molecule has 18 heavy (non-hydrogen) atoms. The minimum Gasteiger partial charge on any atom is -0.457 e. The van der Waals surface area contributed by atoms with Gasteiger partial charge in [0.2, 0.25) is 0 Å². The molecule has 4 heteroatoms. The van der Waals surface area contributed by atoms with Crippen LogP contribution in [-0.2, 0) is 0 Å². The summed E-state index contributed by atoms with van der Waals surface area (Å²) in [5.41, 5.74) is 1.00. The maximum absolute atomic E-state index is 5.71. The highest BCUT2D eigenvalue weighted by Gasteiger charge is 1.98. The van der Waals surface area contributed by atoms with E-state index in [0.29, 0.717) is 0 Å². The maximum Gasteiger partial charge on any atom is 0.127 e. The first-order valence-corrected chi connectivity index (χ1v) is 5.60. The van der Waals surface area contributed by atoms with Gasteiger partial charge in [-0.15, -0.1) is 10.2 Å². The molecule has 0 aliphatic rings. The molecule has 0 aliphatic heterocycles. The molecule has 0 saturated heterocycles. The van der Waals surface area contributed by atoms with E-state index in [1.54, 1.807) is 12.7 Å². The zero-order valence-electron chi connectivity index (χ0n) is 9.60. The van der Waals surface area contributed by atoms with Crippen LogP contribution >= 0.6 is 0 Å². The molecule has 1 heterocycles. The lowest BCUT2D eigenvalue weighted by Crippen LogP contribution is -1.90. The van der Waals surface area contributed by atoms with Gasteiger partial charge in [-0.3, -0.25) is 4.57 Å². The number of benzene rings is 2. The average Bonchev–Trinajstić information content (AvgIpc) is 2.95. The normalized spacial score (nSPS) is 10.2. The fourth-order valence-electron chi connectivity index (χ4n) is 1.64. The lowest BCUT2D eigenvalue weighted by atomic mass is 10.3. The first kappa shape index (κ1) is 10.5. The number of rotatable bonds is 3. The van der Waals surface area contributed by atoms with Crippen LogP contribution in [0.1, 0.15) is 0 Å². The van der Waals surface area contributed by atoms with Gasteiger partial charge in [0.05, 0.1) is 0 Å². The van der Waals surface area contributed by atoms with E-state index in [0.717, 1.165) is 17.2 Å². The smallest absolute Gasteiger partial charge is 0.127 e. The van der Waals surface area contributed by atoms with Crippen molar-refractivity contribution in [2.75, 3.05) is 0 Å². The molecule has 0 N–H and O–H groups in total. The fourth-order valence-corrected chi connectivity index (χ4v) is 1.64. The van der Waals surface area contributed by atoms with Gasteiger partial charge in [0.1, 0.15) is 24.2 Å². The molecule has 0 amide bonds. The Hall–Kier alpha value is -2.62. The molecule has 0 spiro atoms. The van der Waals surface area contributed by atoms with Gasteiger partial charge < -0.3 is 4.74 Å². The van der Waals surface area contributed by atoms with Crippen LogP contribution in [0.2, 0.25) is 0 Å². The Morgan fingerprint density at radius 2 is 1.33 bits per heavy atom. The van der Waals surface area contributed by atoms with E-state index in [-0.39, 0.29) is 0 Å². The Bertz CT molecular complexity index is 603. The van der Waals surface area contributed by atoms with Gasteiger partial charge >= 0.3 is 0 Å². The van der Waals surface area contributed by atoms with E-state index in [9.17, 15) is 0 Å². The molecule has 0 atom stereocenters. The van der Waals surface area contributed by atoms with E-state index >= 15 is 0 Å². The minimum absolute atomic E-state index is 0.804. The molecular formula is C14H11N3O. The number of ether oxygens (including phenoxy) is 1. The quantitative estimate of drug-likeness (QED) is 0.702. The van der Waals surface area contributed by atoms with E-state index in [2.05, 4.69) is 10.2 Å². The van der Waals surface area contributed by atoms with Crippen molar-refractivity contribution in [2.24, 2.45) is 0 Å². The molecule has 0 fully saturated rings. The molecule has 0 saturated carbocycles. The Morgan fingerprint density at radius 1 is 0.722 bits per heavy atom. The Kier molecular flexibility index (Phi) is 2.75. The molecule has 4 nitrogen and oxygen atoms in total. The molecule has 0 bridgehead atoms. The predicted octanol–water partition coefficient (Wildman–Crippen LogP) is 3.06. The summed E-state index contributed by atoms with van der Waals surface area (Å²) in [6.07, 6.45) is 3.32. The molecule has 2 aromatic carbocycles. The highest BCUT2D eigenvalue weighted by Crippen LogP contribution is 2.21. The van der Waals surface area contributed by atoms with Gasteiger partial charge in [-0.05, 0) is 36.4 Å². The van der Waals surface area contributed by atoms with Gasteiger partial charge in [-0.2, -0.15) is 0 Å². The van der Waals surface area contributed by atoms with Gasteiger partial charge in [-0.25, -0.2) is 0 Å². The second kappa shape index (κ2) is 4.71. The average molecular weight is 237 g/mol. The monoisotopic (exact) mass is 237 g/mol. The van der Waals surface area contributed by atoms with Crippen LogP contribution in [0.5, 0.6) is 11.5 Å². The molecular weight excluding hydrogens is 226 g/mol. The van der Waals surface area contributed by atoms with Crippen LogP contribution in [-0.4, -0.2) is 14.8 Å². The SMILES string of the molecule is c1ccc(Oc2ccc(-n3cnnc3)cc2)cc1. The zero-order chi connectivity index (χ0) is 12.2. The molecule has 0 radical (unpaired) electrons. The van der Waals surface area contributed by atoms with E-state index in [1.807, 2.05) is 59.2 Å².